The van der Waals surface area contributed by atoms with Gasteiger partial charge in [0.25, 0.3) is 11.5 Å². The smallest absolute Gasteiger partial charge is 0.295 e. The van der Waals surface area contributed by atoms with Crippen LogP contribution in [-0.4, -0.2) is 36.0 Å². The number of nitrogens with two attached hydrogens (primary N) is 1. The first-order valence-electron chi connectivity index (χ1n) is 9.62. The molecule has 8 heteroatoms. The van der Waals surface area contributed by atoms with E-state index in [1.807, 2.05) is 60.8 Å². The first-order valence-corrected chi connectivity index (χ1v) is 9.62. The van der Waals surface area contributed by atoms with Crippen molar-refractivity contribution < 1.29 is 19.6 Å². The van der Waals surface area contributed by atoms with E-state index >= 15 is 0 Å². The van der Waals surface area contributed by atoms with Crippen LogP contribution in [0.15, 0.2) is 53.3 Å². The van der Waals surface area contributed by atoms with E-state index in [2.05, 4.69) is 5.32 Å². The molecule has 1 heterocycles. The number of hydrogen-bond donors (Lipinski definition) is 2. The summed E-state index contributed by atoms with van der Waals surface area (Å²) in [7, 11) is 4.97. The zero-order chi connectivity index (χ0) is 21.7. The van der Waals surface area contributed by atoms with Crippen LogP contribution in [0.5, 0.6) is 11.5 Å². The molecule has 1 amide bonds. The van der Waals surface area contributed by atoms with Gasteiger partial charge in [-0.2, -0.15) is 0 Å². The van der Waals surface area contributed by atoms with E-state index < -0.39 is 0 Å². The molecule has 0 unspecified atom stereocenters. The second-order valence-corrected chi connectivity index (χ2v) is 6.87. The number of ether oxygens (including phenoxy) is 2. The Bertz CT molecular complexity index is 1090. The summed E-state index contributed by atoms with van der Waals surface area (Å²) in [4.78, 5) is 25.3. The summed E-state index contributed by atoms with van der Waals surface area (Å²) in [6, 6.07) is 15.0. The Hall–Kier alpha value is -3.52. The van der Waals surface area contributed by atoms with Gasteiger partial charge in [-0.25, -0.2) is 4.68 Å². The van der Waals surface area contributed by atoms with E-state index in [1.165, 1.54) is 4.68 Å². The highest BCUT2D eigenvalue weighted by Crippen LogP contribution is 2.27. The fourth-order valence-electron chi connectivity index (χ4n) is 3.28. The Morgan fingerprint density at radius 2 is 1.77 bits per heavy atom. The molecule has 0 aliphatic rings. The third-order valence-corrected chi connectivity index (χ3v) is 4.98. The van der Waals surface area contributed by atoms with Crippen molar-refractivity contribution in [1.82, 2.24) is 9.36 Å². The number of para-hydroxylation sites is 1. The SMILES string of the molecule is COc1ccc(C[NH2+]CC(=O)Nc2c(C)n(C)n(-c3ccccc3)c2=O)cc1OC. The Kier molecular flexibility index (Phi) is 6.58. The summed E-state index contributed by atoms with van der Waals surface area (Å²) in [6.45, 7) is 2.59. The van der Waals surface area contributed by atoms with Crippen LogP contribution in [0.1, 0.15) is 11.3 Å². The van der Waals surface area contributed by atoms with Gasteiger partial charge in [0.1, 0.15) is 12.2 Å². The fraction of sp³-hybridized carbons (Fsp3) is 0.273. The van der Waals surface area contributed by atoms with E-state index in [0.29, 0.717) is 29.4 Å². The van der Waals surface area contributed by atoms with Crippen LogP contribution >= 0.6 is 0 Å². The molecular formula is C22H27N4O4+. The predicted octanol–water partition coefficient (Wildman–Crippen LogP) is 1.20. The van der Waals surface area contributed by atoms with Crippen LogP contribution < -0.4 is 25.7 Å². The molecule has 1 aromatic heterocycles. The summed E-state index contributed by atoms with van der Waals surface area (Å²) in [5.74, 6) is 1.07. The van der Waals surface area contributed by atoms with Crippen LogP contribution in [0.4, 0.5) is 5.69 Å². The molecular weight excluding hydrogens is 384 g/mol. The summed E-state index contributed by atoms with van der Waals surface area (Å²) in [6.07, 6.45) is 0. The number of quaternary nitrogens is 1. The first-order chi connectivity index (χ1) is 14.5. The number of nitrogens with zero attached hydrogens (tertiary/aromatic N) is 2. The van der Waals surface area contributed by atoms with Gasteiger partial charge in [-0.15, -0.1) is 0 Å². The number of methoxy groups -OCH3 is 2. The van der Waals surface area contributed by atoms with E-state index in [4.69, 9.17) is 9.47 Å². The molecule has 0 spiro atoms. The van der Waals surface area contributed by atoms with E-state index in [0.717, 1.165) is 11.3 Å². The molecule has 0 aliphatic heterocycles. The third-order valence-electron chi connectivity index (χ3n) is 4.98. The van der Waals surface area contributed by atoms with Crippen LogP contribution in [0, 0.1) is 6.92 Å². The van der Waals surface area contributed by atoms with Crippen molar-refractivity contribution in [2.45, 2.75) is 13.5 Å². The summed E-state index contributed by atoms with van der Waals surface area (Å²) in [5.41, 5.74) is 2.48. The molecule has 0 saturated carbocycles. The zero-order valence-corrected chi connectivity index (χ0v) is 17.6. The number of amides is 1. The molecule has 0 fully saturated rings. The fourth-order valence-corrected chi connectivity index (χ4v) is 3.28. The van der Waals surface area contributed by atoms with Gasteiger partial charge in [-0.3, -0.25) is 14.3 Å². The number of aromatic nitrogens is 2. The number of hydrogen-bond acceptors (Lipinski definition) is 4. The molecule has 3 aromatic rings. The maximum atomic E-state index is 12.9. The minimum Gasteiger partial charge on any atom is -0.493 e. The lowest BCUT2D eigenvalue weighted by molar-refractivity contribution is -0.659. The van der Waals surface area contributed by atoms with Crippen LogP contribution in [0.2, 0.25) is 0 Å². The molecule has 3 N–H and O–H groups in total. The summed E-state index contributed by atoms with van der Waals surface area (Å²) < 4.78 is 13.8. The Morgan fingerprint density at radius 1 is 1.07 bits per heavy atom. The molecule has 0 atom stereocenters. The molecule has 8 nitrogen and oxygen atoms in total. The van der Waals surface area contributed by atoms with Gasteiger partial charge in [-0.05, 0) is 37.3 Å². The average Bonchev–Trinajstić information content (AvgIpc) is 2.97. The predicted molar refractivity (Wildman–Crippen MR) is 114 cm³/mol. The lowest BCUT2D eigenvalue weighted by Gasteiger charge is -2.09. The number of benzene rings is 2. The van der Waals surface area contributed by atoms with Gasteiger partial charge in [0.2, 0.25) is 0 Å². The lowest BCUT2D eigenvalue weighted by Crippen LogP contribution is -2.84. The van der Waals surface area contributed by atoms with Gasteiger partial charge in [0.15, 0.2) is 18.0 Å². The quantitative estimate of drug-likeness (QED) is 0.583. The van der Waals surface area contributed by atoms with E-state index in [-0.39, 0.29) is 18.0 Å². The van der Waals surface area contributed by atoms with Crippen molar-refractivity contribution in [3.8, 4) is 17.2 Å². The number of carbonyl (C=O) groups is 1. The first kappa shape index (κ1) is 21.2. The van der Waals surface area contributed by atoms with Gasteiger partial charge in [0, 0.05) is 12.6 Å². The molecule has 30 heavy (non-hydrogen) atoms. The molecule has 3 rings (SSSR count). The van der Waals surface area contributed by atoms with E-state index in [1.54, 1.807) is 25.9 Å². The standard InChI is InChI=1S/C22H26N4O4/c1-15-21(22(28)26(25(15)2)17-8-6-5-7-9-17)24-20(27)14-23-13-16-10-11-18(29-3)19(12-16)30-4/h5-12,23H,13-14H2,1-4H3,(H,24,27)/p+1. The van der Waals surface area contributed by atoms with Crippen molar-refractivity contribution in [2.75, 3.05) is 26.1 Å². The molecule has 0 radical (unpaired) electrons. The van der Waals surface area contributed by atoms with Gasteiger partial charge in [-0.1, -0.05) is 18.2 Å². The highest BCUT2D eigenvalue weighted by molar-refractivity contribution is 5.91. The third kappa shape index (κ3) is 4.38. The van der Waals surface area contributed by atoms with Crippen LogP contribution in [-0.2, 0) is 18.4 Å². The maximum absolute atomic E-state index is 12.9. The zero-order valence-electron chi connectivity index (χ0n) is 17.6. The topological polar surface area (TPSA) is 91.1 Å². The number of carbonyl (C=O) groups excluding carboxylic acids is 1. The Morgan fingerprint density at radius 3 is 2.43 bits per heavy atom. The highest BCUT2D eigenvalue weighted by Gasteiger charge is 2.18. The Balaban J connectivity index is 1.65. The second kappa shape index (κ2) is 9.32. The molecule has 0 aliphatic carbocycles. The maximum Gasteiger partial charge on any atom is 0.295 e. The molecule has 0 bridgehead atoms. The van der Waals surface area contributed by atoms with Crippen molar-refractivity contribution >= 4 is 11.6 Å². The number of nitrogens with one attached hydrogen (secondary N) is 1. The van der Waals surface area contributed by atoms with Crippen molar-refractivity contribution in [1.29, 1.82) is 0 Å². The minimum atomic E-state index is -0.255. The molecule has 158 valence electrons. The van der Waals surface area contributed by atoms with Crippen molar-refractivity contribution in [2.24, 2.45) is 7.05 Å². The van der Waals surface area contributed by atoms with Crippen molar-refractivity contribution in [3.05, 3.63) is 70.1 Å². The minimum absolute atomic E-state index is 0.188. The largest absolute Gasteiger partial charge is 0.493 e. The van der Waals surface area contributed by atoms with Gasteiger partial charge < -0.3 is 20.1 Å². The van der Waals surface area contributed by atoms with Gasteiger partial charge in [0.05, 0.1) is 25.6 Å². The normalized spacial score (nSPS) is 10.7. The van der Waals surface area contributed by atoms with Crippen LogP contribution in [0.3, 0.4) is 0 Å². The number of anilines is 1. The summed E-state index contributed by atoms with van der Waals surface area (Å²) in [5, 5.41) is 4.63. The monoisotopic (exact) mass is 411 g/mol. The van der Waals surface area contributed by atoms with E-state index in [9.17, 15) is 9.59 Å². The summed E-state index contributed by atoms with van der Waals surface area (Å²) >= 11 is 0. The molecule has 2 aromatic carbocycles. The van der Waals surface area contributed by atoms with Gasteiger partial charge >= 0.3 is 0 Å². The number of rotatable bonds is 8. The molecule has 0 saturated heterocycles. The van der Waals surface area contributed by atoms with Crippen LogP contribution in [0.25, 0.3) is 5.69 Å². The van der Waals surface area contributed by atoms with Crippen molar-refractivity contribution in [3.63, 3.8) is 0 Å². The second-order valence-electron chi connectivity index (χ2n) is 6.87. The highest BCUT2D eigenvalue weighted by atomic mass is 16.5. The lowest BCUT2D eigenvalue weighted by atomic mass is 10.2. The Labute approximate surface area is 175 Å². The average molecular weight is 411 g/mol.